The van der Waals surface area contributed by atoms with Gasteiger partial charge in [-0.05, 0) is 19.4 Å². The highest BCUT2D eigenvalue weighted by Crippen LogP contribution is 2.08. The smallest absolute Gasteiger partial charge is 0.0157 e. The Morgan fingerprint density at radius 3 is 2.56 bits per heavy atom. The summed E-state index contributed by atoms with van der Waals surface area (Å²) in [7, 11) is 0. The third kappa shape index (κ3) is 3.63. The van der Waals surface area contributed by atoms with Crippen molar-refractivity contribution in [1.29, 1.82) is 0 Å². The fraction of sp³-hybridized carbons (Fsp3) is 1.00. The largest absolute Gasteiger partial charge is 0.313 e. The van der Waals surface area contributed by atoms with Gasteiger partial charge in [-0.3, -0.25) is 0 Å². The van der Waals surface area contributed by atoms with Gasteiger partial charge >= 0.3 is 0 Å². The van der Waals surface area contributed by atoms with Crippen molar-refractivity contribution in [1.82, 2.24) is 5.32 Å². The van der Waals surface area contributed by atoms with E-state index >= 15 is 0 Å². The van der Waals surface area contributed by atoms with Crippen molar-refractivity contribution in [2.75, 3.05) is 11.0 Å². The molecule has 1 nitrogen and oxygen atoms in total. The SMILES string of the molecule is Cl.ICC1CCCCN1. The van der Waals surface area contributed by atoms with Crippen LogP contribution in [0.2, 0.25) is 0 Å². The highest BCUT2D eigenvalue weighted by molar-refractivity contribution is 14.1. The lowest BCUT2D eigenvalue weighted by Gasteiger charge is -2.20. The summed E-state index contributed by atoms with van der Waals surface area (Å²) >= 11 is 2.44. The van der Waals surface area contributed by atoms with Crippen LogP contribution in [-0.4, -0.2) is 17.0 Å². The van der Waals surface area contributed by atoms with Crippen molar-refractivity contribution in [2.45, 2.75) is 25.3 Å². The zero-order valence-electron chi connectivity index (χ0n) is 5.40. The molecule has 1 atom stereocenters. The molecule has 1 fully saturated rings. The van der Waals surface area contributed by atoms with Crippen molar-refractivity contribution in [3.05, 3.63) is 0 Å². The Kier molecular flexibility index (Phi) is 6.37. The average Bonchev–Trinajstić information content (AvgIpc) is 1.90. The zero-order valence-corrected chi connectivity index (χ0v) is 8.37. The highest BCUT2D eigenvalue weighted by atomic mass is 127. The van der Waals surface area contributed by atoms with Gasteiger partial charge in [-0.25, -0.2) is 0 Å². The number of hydrogen-bond acceptors (Lipinski definition) is 1. The summed E-state index contributed by atoms with van der Waals surface area (Å²) in [6.45, 7) is 1.24. The Hall–Kier alpha value is 0.980. The molecule has 1 heterocycles. The standard InChI is InChI=1S/C6H12IN.ClH/c7-5-6-3-1-2-4-8-6;/h6,8H,1-5H2;1H. The van der Waals surface area contributed by atoms with Crippen molar-refractivity contribution >= 4 is 35.0 Å². The second-order valence-corrected chi connectivity index (χ2v) is 3.18. The normalized spacial score (nSPS) is 27.0. The van der Waals surface area contributed by atoms with E-state index in [1.807, 2.05) is 0 Å². The maximum absolute atomic E-state index is 3.46. The molecule has 1 saturated heterocycles. The Balaban J connectivity index is 0.000000640. The molecule has 9 heavy (non-hydrogen) atoms. The number of nitrogens with one attached hydrogen (secondary N) is 1. The monoisotopic (exact) mass is 261 g/mol. The van der Waals surface area contributed by atoms with E-state index in [0.717, 1.165) is 6.04 Å². The van der Waals surface area contributed by atoms with Gasteiger partial charge in [0.25, 0.3) is 0 Å². The minimum Gasteiger partial charge on any atom is -0.313 e. The van der Waals surface area contributed by atoms with E-state index in [9.17, 15) is 0 Å². The van der Waals surface area contributed by atoms with Gasteiger partial charge in [-0.15, -0.1) is 12.4 Å². The van der Waals surface area contributed by atoms with Crippen LogP contribution >= 0.6 is 35.0 Å². The summed E-state index contributed by atoms with van der Waals surface area (Å²) < 4.78 is 1.28. The van der Waals surface area contributed by atoms with Crippen molar-refractivity contribution < 1.29 is 0 Å². The van der Waals surface area contributed by atoms with Gasteiger partial charge in [0.1, 0.15) is 0 Å². The molecule has 0 aromatic rings. The van der Waals surface area contributed by atoms with Gasteiger partial charge in [0, 0.05) is 10.5 Å². The average molecular weight is 262 g/mol. The third-order valence-corrected chi connectivity index (χ3v) is 2.66. The highest BCUT2D eigenvalue weighted by Gasteiger charge is 2.08. The fourth-order valence-corrected chi connectivity index (χ4v) is 1.81. The van der Waals surface area contributed by atoms with Crippen LogP contribution in [-0.2, 0) is 0 Å². The van der Waals surface area contributed by atoms with E-state index in [0.29, 0.717) is 0 Å². The Bertz CT molecular complexity index is 64.1. The number of rotatable bonds is 1. The molecule has 0 spiro atoms. The lowest BCUT2D eigenvalue weighted by molar-refractivity contribution is 0.433. The summed E-state index contributed by atoms with van der Waals surface area (Å²) in [5.41, 5.74) is 0. The Morgan fingerprint density at radius 2 is 2.22 bits per heavy atom. The first-order chi connectivity index (χ1) is 3.93. The molecular weight excluding hydrogens is 248 g/mol. The molecule has 1 N–H and O–H groups in total. The second kappa shape index (κ2) is 5.74. The summed E-state index contributed by atoms with van der Waals surface area (Å²) in [4.78, 5) is 0. The molecule has 0 aliphatic carbocycles. The van der Waals surface area contributed by atoms with Crippen molar-refractivity contribution in [2.24, 2.45) is 0 Å². The zero-order chi connectivity index (χ0) is 5.82. The first-order valence-corrected chi connectivity index (χ1v) is 4.75. The molecule has 0 bridgehead atoms. The van der Waals surface area contributed by atoms with Gasteiger partial charge in [0.2, 0.25) is 0 Å². The number of alkyl halides is 1. The lowest BCUT2D eigenvalue weighted by atomic mass is 10.1. The first kappa shape index (κ1) is 9.98. The Morgan fingerprint density at radius 1 is 1.44 bits per heavy atom. The summed E-state index contributed by atoms with van der Waals surface area (Å²) in [6.07, 6.45) is 4.21. The van der Waals surface area contributed by atoms with Gasteiger partial charge in [0.15, 0.2) is 0 Å². The summed E-state index contributed by atoms with van der Waals surface area (Å²) in [5, 5.41) is 3.46. The quantitative estimate of drug-likeness (QED) is 0.562. The molecule has 1 rings (SSSR count). The van der Waals surface area contributed by atoms with E-state index < -0.39 is 0 Å². The van der Waals surface area contributed by atoms with E-state index in [4.69, 9.17) is 0 Å². The second-order valence-electron chi connectivity index (χ2n) is 2.30. The molecule has 0 radical (unpaired) electrons. The van der Waals surface area contributed by atoms with Crippen LogP contribution in [0.3, 0.4) is 0 Å². The Labute approximate surface area is 76.5 Å². The molecule has 0 aromatic carbocycles. The lowest BCUT2D eigenvalue weighted by Crippen LogP contribution is -2.34. The van der Waals surface area contributed by atoms with E-state index in [1.54, 1.807) is 0 Å². The molecule has 0 saturated carbocycles. The summed E-state index contributed by atoms with van der Waals surface area (Å²) in [6, 6.07) is 0.823. The predicted molar refractivity (Wildman–Crippen MR) is 51.8 cm³/mol. The van der Waals surface area contributed by atoms with Crippen LogP contribution in [0.4, 0.5) is 0 Å². The summed E-state index contributed by atoms with van der Waals surface area (Å²) in [5.74, 6) is 0. The van der Waals surface area contributed by atoms with Crippen LogP contribution in [0.5, 0.6) is 0 Å². The number of halogens is 2. The number of hydrogen-bond donors (Lipinski definition) is 1. The molecule has 1 unspecified atom stereocenters. The van der Waals surface area contributed by atoms with Gasteiger partial charge in [-0.1, -0.05) is 29.0 Å². The predicted octanol–water partition coefficient (Wildman–Crippen LogP) is 1.99. The molecule has 1 aliphatic rings. The van der Waals surface area contributed by atoms with Crippen molar-refractivity contribution in [3.63, 3.8) is 0 Å². The molecular formula is C6H13ClIN. The maximum Gasteiger partial charge on any atom is 0.0157 e. The van der Waals surface area contributed by atoms with Crippen LogP contribution in [0.1, 0.15) is 19.3 Å². The molecule has 56 valence electrons. The van der Waals surface area contributed by atoms with Gasteiger partial charge in [0.05, 0.1) is 0 Å². The molecule has 1 aliphatic heterocycles. The molecule has 0 amide bonds. The minimum atomic E-state index is 0. The molecule has 3 heteroatoms. The maximum atomic E-state index is 3.46. The van der Waals surface area contributed by atoms with E-state index in [-0.39, 0.29) is 12.4 Å². The first-order valence-electron chi connectivity index (χ1n) is 3.23. The van der Waals surface area contributed by atoms with Gasteiger partial charge < -0.3 is 5.32 Å². The van der Waals surface area contributed by atoms with E-state index in [1.165, 1.54) is 30.2 Å². The van der Waals surface area contributed by atoms with Crippen LogP contribution < -0.4 is 5.32 Å². The van der Waals surface area contributed by atoms with Crippen LogP contribution in [0, 0.1) is 0 Å². The molecule has 0 aromatic heterocycles. The van der Waals surface area contributed by atoms with Crippen molar-refractivity contribution in [3.8, 4) is 0 Å². The number of piperidine rings is 1. The minimum absolute atomic E-state index is 0. The van der Waals surface area contributed by atoms with Crippen LogP contribution in [0.15, 0.2) is 0 Å². The third-order valence-electron chi connectivity index (χ3n) is 1.60. The van der Waals surface area contributed by atoms with Crippen LogP contribution in [0.25, 0.3) is 0 Å². The van der Waals surface area contributed by atoms with E-state index in [2.05, 4.69) is 27.9 Å². The topological polar surface area (TPSA) is 12.0 Å². The fourth-order valence-electron chi connectivity index (χ4n) is 1.06. The van der Waals surface area contributed by atoms with Gasteiger partial charge in [-0.2, -0.15) is 0 Å².